The molecule has 0 atom stereocenters. The lowest BCUT2D eigenvalue weighted by Crippen LogP contribution is -2.38. The molecule has 7 nitrogen and oxygen atoms in total. The predicted octanol–water partition coefficient (Wildman–Crippen LogP) is 3.53. The molecule has 0 amide bonds. The van der Waals surface area contributed by atoms with Gasteiger partial charge in [0.05, 0.1) is 12.1 Å². The summed E-state index contributed by atoms with van der Waals surface area (Å²) < 4.78 is 15.2. The van der Waals surface area contributed by atoms with Crippen LogP contribution in [-0.2, 0) is 26.1 Å². The maximum absolute atomic E-state index is 13.7. The summed E-state index contributed by atoms with van der Waals surface area (Å²) in [6, 6.07) is 13.7. The van der Waals surface area contributed by atoms with Gasteiger partial charge in [-0.05, 0) is 35.4 Å². The first-order valence-corrected chi connectivity index (χ1v) is 11.5. The number of imidazole rings is 1. The molecular formula is C25H23ClN4O3. The molecule has 33 heavy (non-hydrogen) atoms. The van der Waals surface area contributed by atoms with Crippen molar-refractivity contribution in [3.05, 3.63) is 92.6 Å². The summed E-state index contributed by atoms with van der Waals surface area (Å²) in [4.78, 5) is 20.5. The fourth-order valence-corrected chi connectivity index (χ4v) is 4.98. The first-order valence-electron chi connectivity index (χ1n) is 11.1. The standard InChI is InChI=1S/C25H23ClN4O3/c26-19-3-1-2-17(12-19)14-28-8-6-21-20(16-28)24(31)30(25-27-7-9-29(21)25)15-18-4-5-22-23(13-18)33-11-10-32-22/h1-5,7,9,12-13H,6,8,10-11,14-16H2. The molecule has 0 aliphatic carbocycles. The van der Waals surface area contributed by atoms with Gasteiger partial charge in [0.2, 0.25) is 5.78 Å². The van der Waals surface area contributed by atoms with Gasteiger partial charge in [-0.2, -0.15) is 0 Å². The molecule has 0 spiro atoms. The van der Waals surface area contributed by atoms with Gasteiger partial charge in [-0.25, -0.2) is 4.98 Å². The number of halogens is 1. The number of benzene rings is 2. The van der Waals surface area contributed by atoms with Crippen molar-refractivity contribution in [1.29, 1.82) is 0 Å². The minimum absolute atomic E-state index is 0.00869. The van der Waals surface area contributed by atoms with E-state index in [1.165, 1.54) is 0 Å². The zero-order valence-corrected chi connectivity index (χ0v) is 18.8. The van der Waals surface area contributed by atoms with Crippen LogP contribution in [0.1, 0.15) is 22.4 Å². The molecular weight excluding hydrogens is 440 g/mol. The van der Waals surface area contributed by atoms with Crippen LogP contribution in [0.25, 0.3) is 5.78 Å². The summed E-state index contributed by atoms with van der Waals surface area (Å²) in [6.45, 7) is 3.72. The second kappa shape index (κ2) is 8.24. The number of ether oxygens (including phenoxy) is 2. The molecule has 0 saturated carbocycles. The maximum atomic E-state index is 13.7. The first-order chi connectivity index (χ1) is 16.2. The van der Waals surface area contributed by atoms with Crippen molar-refractivity contribution >= 4 is 17.4 Å². The van der Waals surface area contributed by atoms with Gasteiger partial charge in [0.15, 0.2) is 11.5 Å². The van der Waals surface area contributed by atoms with Crippen LogP contribution in [0.4, 0.5) is 0 Å². The summed E-state index contributed by atoms with van der Waals surface area (Å²) in [5.74, 6) is 2.12. The van der Waals surface area contributed by atoms with Gasteiger partial charge in [0.25, 0.3) is 5.56 Å². The summed E-state index contributed by atoms with van der Waals surface area (Å²) in [5, 5.41) is 0.729. The van der Waals surface area contributed by atoms with E-state index in [1.54, 1.807) is 10.8 Å². The third-order valence-corrected chi connectivity index (χ3v) is 6.53. The van der Waals surface area contributed by atoms with Crippen molar-refractivity contribution in [2.45, 2.75) is 26.1 Å². The second-order valence-corrected chi connectivity index (χ2v) is 8.92. The molecule has 2 aliphatic heterocycles. The zero-order valence-electron chi connectivity index (χ0n) is 18.0. The fourth-order valence-electron chi connectivity index (χ4n) is 4.77. The SMILES string of the molecule is O=c1c2c(n3ccnc3n1Cc1ccc3c(c1)OCCO3)CCN(Cc1cccc(Cl)c1)C2. The minimum atomic E-state index is 0.00869. The number of rotatable bonds is 4. The molecule has 0 fully saturated rings. The van der Waals surface area contributed by atoms with E-state index in [0.717, 1.165) is 58.4 Å². The highest BCUT2D eigenvalue weighted by molar-refractivity contribution is 6.30. The van der Waals surface area contributed by atoms with Crippen molar-refractivity contribution in [2.24, 2.45) is 0 Å². The minimum Gasteiger partial charge on any atom is -0.486 e. The Bertz CT molecular complexity index is 1410. The van der Waals surface area contributed by atoms with Crippen LogP contribution >= 0.6 is 11.6 Å². The van der Waals surface area contributed by atoms with E-state index in [-0.39, 0.29) is 5.56 Å². The Morgan fingerprint density at radius 2 is 1.85 bits per heavy atom. The molecule has 0 radical (unpaired) electrons. The van der Waals surface area contributed by atoms with E-state index in [9.17, 15) is 4.79 Å². The molecule has 0 N–H and O–H groups in total. The number of hydrogen-bond acceptors (Lipinski definition) is 5. The first kappa shape index (κ1) is 20.3. The average Bonchev–Trinajstić information content (AvgIpc) is 3.32. The van der Waals surface area contributed by atoms with E-state index >= 15 is 0 Å². The molecule has 2 aromatic heterocycles. The Labute approximate surface area is 195 Å². The van der Waals surface area contributed by atoms with E-state index in [1.807, 2.05) is 42.6 Å². The van der Waals surface area contributed by atoms with Gasteiger partial charge in [-0.3, -0.25) is 18.7 Å². The topological polar surface area (TPSA) is 61.0 Å². The Kier molecular flexibility index (Phi) is 5.08. The number of hydrogen-bond donors (Lipinski definition) is 0. The van der Waals surface area contributed by atoms with Crippen molar-refractivity contribution in [3.8, 4) is 11.5 Å². The summed E-state index contributed by atoms with van der Waals surface area (Å²) in [5.41, 5.74) is 4.00. The molecule has 4 aromatic rings. The second-order valence-electron chi connectivity index (χ2n) is 8.48. The molecule has 0 saturated heterocycles. The maximum Gasteiger partial charge on any atom is 0.259 e. The quantitative estimate of drug-likeness (QED) is 0.464. The smallest absolute Gasteiger partial charge is 0.259 e. The van der Waals surface area contributed by atoms with Crippen LogP contribution in [0.5, 0.6) is 11.5 Å². The fraction of sp³-hybridized carbons (Fsp3) is 0.280. The van der Waals surface area contributed by atoms with Crippen molar-refractivity contribution in [1.82, 2.24) is 18.9 Å². The number of nitrogens with zero attached hydrogens (tertiary/aromatic N) is 4. The van der Waals surface area contributed by atoms with Crippen LogP contribution in [0.3, 0.4) is 0 Å². The van der Waals surface area contributed by atoms with Crippen LogP contribution in [-0.4, -0.2) is 38.6 Å². The van der Waals surface area contributed by atoms with Crippen LogP contribution in [0, 0.1) is 0 Å². The van der Waals surface area contributed by atoms with Crippen molar-refractivity contribution in [2.75, 3.05) is 19.8 Å². The molecule has 2 aromatic carbocycles. The van der Waals surface area contributed by atoms with Gasteiger partial charge in [-0.15, -0.1) is 0 Å². The molecule has 0 unspecified atom stereocenters. The largest absolute Gasteiger partial charge is 0.486 e. The molecule has 2 aliphatic rings. The zero-order chi connectivity index (χ0) is 22.4. The molecule has 8 heteroatoms. The monoisotopic (exact) mass is 462 g/mol. The molecule has 6 rings (SSSR count). The summed E-state index contributed by atoms with van der Waals surface area (Å²) >= 11 is 6.16. The van der Waals surface area contributed by atoms with Gasteiger partial charge >= 0.3 is 0 Å². The van der Waals surface area contributed by atoms with Crippen LogP contribution in [0.15, 0.2) is 59.7 Å². The van der Waals surface area contributed by atoms with E-state index in [4.69, 9.17) is 21.1 Å². The van der Waals surface area contributed by atoms with Gasteiger partial charge in [0.1, 0.15) is 13.2 Å². The molecule has 168 valence electrons. The van der Waals surface area contributed by atoms with Crippen molar-refractivity contribution in [3.63, 3.8) is 0 Å². The lowest BCUT2D eigenvalue weighted by molar-refractivity contribution is 0.171. The molecule has 0 bridgehead atoms. The molecule has 4 heterocycles. The Morgan fingerprint density at radius 3 is 2.73 bits per heavy atom. The highest BCUT2D eigenvalue weighted by Gasteiger charge is 2.25. The number of fused-ring (bicyclic) bond motifs is 4. The Hall–Kier alpha value is -3.29. The lowest BCUT2D eigenvalue weighted by Gasteiger charge is -2.29. The Balaban J connectivity index is 1.35. The highest BCUT2D eigenvalue weighted by atomic mass is 35.5. The van der Waals surface area contributed by atoms with Gasteiger partial charge in [-0.1, -0.05) is 29.8 Å². The predicted molar refractivity (Wildman–Crippen MR) is 125 cm³/mol. The van der Waals surface area contributed by atoms with Gasteiger partial charge in [0, 0.05) is 49.2 Å². The van der Waals surface area contributed by atoms with E-state index in [0.29, 0.717) is 32.1 Å². The van der Waals surface area contributed by atoms with E-state index in [2.05, 4.69) is 20.4 Å². The van der Waals surface area contributed by atoms with Gasteiger partial charge < -0.3 is 9.47 Å². The highest BCUT2D eigenvalue weighted by Crippen LogP contribution is 2.31. The third kappa shape index (κ3) is 3.77. The number of aromatic nitrogens is 3. The normalized spacial score (nSPS) is 15.5. The van der Waals surface area contributed by atoms with Crippen LogP contribution < -0.4 is 15.0 Å². The van der Waals surface area contributed by atoms with Crippen LogP contribution in [0.2, 0.25) is 5.02 Å². The lowest BCUT2D eigenvalue weighted by atomic mass is 10.1. The van der Waals surface area contributed by atoms with E-state index < -0.39 is 0 Å². The summed E-state index contributed by atoms with van der Waals surface area (Å²) in [7, 11) is 0. The summed E-state index contributed by atoms with van der Waals surface area (Å²) in [6.07, 6.45) is 4.50. The third-order valence-electron chi connectivity index (χ3n) is 6.29. The Morgan fingerprint density at radius 1 is 1.00 bits per heavy atom. The average molecular weight is 463 g/mol. The van der Waals surface area contributed by atoms with Crippen molar-refractivity contribution < 1.29 is 9.47 Å².